The average Bonchev–Trinajstić information content (AvgIpc) is 2.50. The Morgan fingerprint density at radius 2 is 1.90 bits per heavy atom. The van der Waals surface area contributed by atoms with Gasteiger partial charge in [-0.15, -0.1) is 0 Å². The highest BCUT2D eigenvalue weighted by Gasteiger charge is 2.16. The van der Waals surface area contributed by atoms with Crippen LogP contribution in [0.3, 0.4) is 0 Å². The summed E-state index contributed by atoms with van der Waals surface area (Å²) in [6.45, 7) is 3.87. The molecule has 21 heavy (non-hydrogen) atoms. The Bertz CT molecular complexity index is 547. The molecule has 0 saturated carbocycles. The number of benzene rings is 1. The van der Waals surface area contributed by atoms with Crippen molar-refractivity contribution in [3.8, 4) is 0 Å². The van der Waals surface area contributed by atoms with Crippen molar-refractivity contribution in [3.63, 3.8) is 0 Å². The van der Waals surface area contributed by atoms with E-state index in [9.17, 15) is 5.11 Å². The third-order valence-electron chi connectivity index (χ3n) is 3.61. The maximum absolute atomic E-state index is 9.21. The molecule has 1 atom stereocenters. The molecule has 0 amide bonds. The first-order valence-electron chi connectivity index (χ1n) is 7.19. The molecule has 0 radical (unpaired) electrons. The van der Waals surface area contributed by atoms with E-state index in [0.717, 1.165) is 25.1 Å². The second-order valence-corrected chi connectivity index (χ2v) is 5.56. The van der Waals surface area contributed by atoms with E-state index in [2.05, 4.69) is 28.9 Å². The van der Waals surface area contributed by atoms with Crippen molar-refractivity contribution >= 4 is 11.6 Å². The fourth-order valence-electron chi connectivity index (χ4n) is 2.31. The van der Waals surface area contributed by atoms with Gasteiger partial charge in [0.25, 0.3) is 0 Å². The molecule has 0 aliphatic heterocycles. The zero-order valence-electron chi connectivity index (χ0n) is 12.2. The van der Waals surface area contributed by atoms with Crippen molar-refractivity contribution in [2.24, 2.45) is 0 Å². The van der Waals surface area contributed by atoms with E-state index in [0.29, 0.717) is 5.15 Å². The van der Waals surface area contributed by atoms with Crippen molar-refractivity contribution in [2.75, 3.05) is 6.61 Å². The van der Waals surface area contributed by atoms with Gasteiger partial charge in [0.05, 0.1) is 0 Å². The second-order valence-electron chi connectivity index (χ2n) is 5.21. The lowest BCUT2D eigenvalue weighted by Gasteiger charge is -2.29. The normalized spacial score (nSPS) is 12.6. The van der Waals surface area contributed by atoms with Gasteiger partial charge in [-0.25, -0.2) is 4.98 Å². The molecule has 3 nitrogen and oxygen atoms in total. The highest BCUT2D eigenvalue weighted by Crippen LogP contribution is 2.19. The predicted octanol–water partition coefficient (Wildman–Crippen LogP) is 3.51. The number of hydrogen-bond donors (Lipinski definition) is 1. The van der Waals surface area contributed by atoms with Crippen LogP contribution in [0.4, 0.5) is 0 Å². The minimum absolute atomic E-state index is 0.188. The molecule has 0 fully saturated rings. The zero-order valence-corrected chi connectivity index (χ0v) is 13.0. The smallest absolute Gasteiger partial charge is 0.133 e. The van der Waals surface area contributed by atoms with Gasteiger partial charge in [0.15, 0.2) is 0 Å². The maximum atomic E-state index is 9.21. The molecule has 2 aromatic rings. The number of aromatic nitrogens is 1. The summed E-state index contributed by atoms with van der Waals surface area (Å²) in [5.74, 6) is 0. The first kappa shape index (κ1) is 16.0. The number of hydrogen-bond acceptors (Lipinski definition) is 3. The van der Waals surface area contributed by atoms with E-state index in [4.69, 9.17) is 11.6 Å². The topological polar surface area (TPSA) is 36.4 Å². The van der Waals surface area contributed by atoms with E-state index >= 15 is 0 Å². The van der Waals surface area contributed by atoms with Gasteiger partial charge < -0.3 is 5.11 Å². The fraction of sp³-hybridized carbons (Fsp3) is 0.353. The van der Waals surface area contributed by atoms with Gasteiger partial charge in [-0.3, -0.25) is 4.90 Å². The standard InChI is InChI=1S/C17H21ClN2O/c1-14(9-11-21)20(12-15-6-3-2-4-7-15)13-16-8-5-10-19-17(16)18/h2-8,10,14,21H,9,11-13H2,1H3. The Balaban J connectivity index is 2.14. The number of aliphatic hydroxyl groups excluding tert-OH is 1. The zero-order chi connectivity index (χ0) is 15.1. The van der Waals surface area contributed by atoms with Gasteiger partial charge in [-0.1, -0.05) is 48.0 Å². The van der Waals surface area contributed by atoms with Crippen LogP contribution in [0.25, 0.3) is 0 Å². The van der Waals surface area contributed by atoms with Gasteiger partial charge >= 0.3 is 0 Å². The van der Waals surface area contributed by atoms with Crippen LogP contribution in [0.5, 0.6) is 0 Å². The van der Waals surface area contributed by atoms with E-state index < -0.39 is 0 Å². The van der Waals surface area contributed by atoms with E-state index in [1.807, 2.05) is 30.3 Å². The summed E-state index contributed by atoms with van der Waals surface area (Å²) in [4.78, 5) is 6.45. The molecule has 2 rings (SSSR count). The van der Waals surface area contributed by atoms with Crippen LogP contribution < -0.4 is 0 Å². The second kappa shape index (κ2) is 8.13. The maximum Gasteiger partial charge on any atom is 0.133 e. The quantitative estimate of drug-likeness (QED) is 0.795. The van der Waals surface area contributed by atoms with Crippen LogP contribution in [-0.2, 0) is 13.1 Å². The molecule has 0 aliphatic rings. The van der Waals surface area contributed by atoms with Crippen LogP contribution >= 0.6 is 11.6 Å². The minimum atomic E-state index is 0.188. The molecule has 1 N–H and O–H groups in total. The van der Waals surface area contributed by atoms with E-state index in [1.165, 1.54) is 5.56 Å². The predicted molar refractivity (Wildman–Crippen MR) is 86.1 cm³/mol. The van der Waals surface area contributed by atoms with Crippen LogP contribution in [0.2, 0.25) is 5.15 Å². The van der Waals surface area contributed by atoms with Gasteiger partial charge in [0.2, 0.25) is 0 Å². The Labute approximate surface area is 131 Å². The molecule has 0 aliphatic carbocycles. The number of pyridine rings is 1. The van der Waals surface area contributed by atoms with Crippen molar-refractivity contribution in [1.82, 2.24) is 9.88 Å². The summed E-state index contributed by atoms with van der Waals surface area (Å²) >= 11 is 6.17. The molecule has 0 saturated heterocycles. The first-order valence-corrected chi connectivity index (χ1v) is 7.56. The van der Waals surface area contributed by atoms with E-state index in [-0.39, 0.29) is 12.6 Å². The van der Waals surface area contributed by atoms with E-state index in [1.54, 1.807) is 6.20 Å². The van der Waals surface area contributed by atoms with Crippen LogP contribution in [0.15, 0.2) is 48.7 Å². The molecule has 1 aromatic carbocycles. The number of rotatable bonds is 7. The van der Waals surface area contributed by atoms with Gasteiger partial charge in [-0.2, -0.15) is 0 Å². The number of halogens is 1. The Morgan fingerprint density at radius 3 is 2.57 bits per heavy atom. The molecule has 0 spiro atoms. The number of nitrogens with zero attached hydrogens (tertiary/aromatic N) is 2. The van der Waals surface area contributed by atoms with Crippen molar-refractivity contribution < 1.29 is 5.11 Å². The lowest BCUT2D eigenvalue weighted by molar-refractivity contribution is 0.153. The molecular weight excluding hydrogens is 284 g/mol. The van der Waals surface area contributed by atoms with Crippen molar-refractivity contribution in [1.29, 1.82) is 0 Å². The summed E-state index contributed by atoms with van der Waals surface area (Å²) in [5, 5.41) is 9.76. The lowest BCUT2D eigenvalue weighted by Crippen LogP contribution is -2.33. The van der Waals surface area contributed by atoms with Gasteiger partial charge in [0, 0.05) is 37.5 Å². The molecule has 1 heterocycles. The van der Waals surface area contributed by atoms with Crippen molar-refractivity contribution in [2.45, 2.75) is 32.5 Å². The number of aliphatic hydroxyl groups is 1. The summed E-state index contributed by atoms with van der Waals surface area (Å²) in [7, 11) is 0. The molecule has 1 aromatic heterocycles. The summed E-state index contributed by atoms with van der Waals surface area (Å²) in [6, 6.07) is 14.5. The van der Waals surface area contributed by atoms with Crippen LogP contribution in [0.1, 0.15) is 24.5 Å². The summed E-state index contributed by atoms with van der Waals surface area (Å²) in [6.07, 6.45) is 2.44. The molecule has 0 bridgehead atoms. The molecule has 1 unspecified atom stereocenters. The molecule has 112 valence electrons. The molecular formula is C17H21ClN2O. The SMILES string of the molecule is CC(CCO)N(Cc1ccccc1)Cc1cccnc1Cl. The van der Waals surface area contributed by atoms with Gasteiger partial charge in [-0.05, 0) is 25.0 Å². The highest BCUT2D eigenvalue weighted by molar-refractivity contribution is 6.30. The largest absolute Gasteiger partial charge is 0.396 e. The third-order valence-corrected chi connectivity index (χ3v) is 3.95. The Kier molecular flexibility index (Phi) is 6.18. The Morgan fingerprint density at radius 1 is 1.14 bits per heavy atom. The van der Waals surface area contributed by atoms with Crippen molar-refractivity contribution in [3.05, 3.63) is 64.9 Å². The highest BCUT2D eigenvalue weighted by atomic mass is 35.5. The molecule has 4 heteroatoms. The lowest BCUT2D eigenvalue weighted by atomic mass is 10.1. The van der Waals surface area contributed by atoms with Crippen LogP contribution in [-0.4, -0.2) is 27.6 Å². The Hall–Kier alpha value is -1.42. The first-order chi connectivity index (χ1) is 10.2. The van der Waals surface area contributed by atoms with Crippen LogP contribution in [0, 0.1) is 0 Å². The average molecular weight is 305 g/mol. The summed E-state index contributed by atoms with van der Waals surface area (Å²) < 4.78 is 0. The third kappa shape index (κ3) is 4.81. The minimum Gasteiger partial charge on any atom is -0.396 e. The fourth-order valence-corrected chi connectivity index (χ4v) is 2.49. The van der Waals surface area contributed by atoms with Gasteiger partial charge in [0.1, 0.15) is 5.15 Å². The monoisotopic (exact) mass is 304 g/mol. The summed E-state index contributed by atoms with van der Waals surface area (Å²) in [5.41, 5.74) is 2.27.